The first-order chi connectivity index (χ1) is 24.3. The number of benzene rings is 3. The van der Waals surface area contributed by atoms with E-state index < -0.39 is 35.4 Å². The lowest BCUT2D eigenvalue weighted by atomic mass is 10.0. The molecule has 0 bridgehead atoms. The molecule has 50 heavy (non-hydrogen) atoms. The van der Waals surface area contributed by atoms with Gasteiger partial charge in [-0.25, -0.2) is 15.0 Å². The third-order valence-corrected chi connectivity index (χ3v) is 9.10. The molecular formula is C36H42N8O6. The van der Waals surface area contributed by atoms with Gasteiger partial charge in [0.05, 0.1) is 11.3 Å². The Hall–Kier alpha value is -5.18. The van der Waals surface area contributed by atoms with E-state index in [0.29, 0.717) is 42.3 Å². The fourth-order valence-electron chi connectivity index (χ4n) is 6.35. The smallest absolute Gasteiger partial charge is 0.293 e. The number of ether oxygens (including phenoxy) is 1. The number of nitro groups is 1. The average molecular weight is 683 g/mol. The first kappa shape index (κ1) is 34.7. The molecule has 1 aliphatic heterocycles. The number of hydrogen-bond donors (Lipinski definition) is 4. The second-order valence-electron chi connectivity index (χ2n) is 12.4. The minimum absolute atomic E-state index is 0.108. The number of nitrogens with one attached hydrogen (secondary N) is 2. The van der Waals surface area contributed by atoms with E-state index in [-0.39, 0.29) is 17.8 Å². The first-order valence-electron chi connectivity index (χ1n) is 17.0. The van der Waals surface area contributed by atoms with Gasteiger partial charge in [0.1, 0.15) is 30.3 Å². The fraction of sp³-hybridized carbons (Fsp3) is 0.389. The fourth-order valence-corrected chi connectivity index (χ4v) is 6.35. The van der Waals surface area contributed by atoms with Crippen molar-refractivity contribution in [2.24, 2.45) is 0 Å². The summed E-state index contributed by atoms with van der Waals surface area (Å²) >= 11 is 0. The highest BCUT2D eigenvalue weighted by Gasteiger charge is 2.44. The Morgan fingerprint density at radius 3 is 2.52 bits per heavy atom. The molecule has 2 aromatic heterocycles. The van der Waals surface area contributed by atoms with E-state index >= 15 is 0 Å². The second kappa shape index (κ2) is 15.6. The number of rotatable bonds is 15. The predicted octanol–water partition coefficient (Wildman–Crippen LogP) is 4.96. The highest BCUT2D eigenvalue weighted by atomic mass is 16.6. The van der Waals surface area contributed by atoms with E-state index in [2.05, 4.69) is 57.6 Å². The Morgan fingerprint density at radius 2 is 1.76 bits per heavy atom. The Morgan fingerprint density at radius 1 is 1.00 bits per heavy atom. The van der Waals surface area contributed by atoms with E-state index in [1.165, 1.54) is 23.3 Å². The van der Waals surface area contributed by atoms with E-state index in [1.807, 2.05) is 29.2 Å². The zero-order chi connectivity index (χ0) is 35.2. The summed E-state index contributed by atoms with van der Waals surface area (Å²) in [6.45, 7) is 5.85. The van der Waals surface area contributed by atoms with Crippen LogP contribution in [0.15, 0.2) is 73.3 Å². The van der Waals surface area contributed by atoms with Gasteiger partial charge in [0.2, 0.25) is 0 Å². The number of unbranched alkanes of at least 4 members (excludes halogenated alkanes) is 2. The predicted molar refractivity (Wildman–Crippen MR) is 190 cm³/mol. The molecule has 1 amide bonds. The molecule has 14 heteroatoms. The van der Waals surface area contributed by atoms with Crippen LogP contribution in [-0.4, -0.2) is 78.5 Å². The van der Waals surface area contributed by atoms with Crippen molar-refractivity contribution in [3.05, 3.63) is 94.6 Å². The molecule has 262 valence electrons. The Labute approximate surface area is 289 Å². The van der Waals surface area contributed by atoms with Crippen LogP contribution < -0.4 is 15.5 Å². The second-order valence-corrected chi connectivity index (χ2v) is 12.4. The van der Waals surface area contributed by atoms with Crippen molar-refractivity contribution in [2.75, 3.05) is 29.9 Å². The van der Waals surface area contributed by atoms with Crippen molar-refractivity contribution < 1.29 is 24.7 Å². The summed E-state index contributed by atoms with van der Waals surface area (Å²) in [5, 5.41) is 42.2. The maximum absolute atomic E-state index is 13.2. The van der Waals surface area contributed by atoms with Gasteiger partial charge in [0, 0.05) is 37.8 Å². The lowest BCUT2D eigenvalue weighted by molar-refractivity contribution is -0.384. The van der Waals surface area contributed by atoms with Crippen LogP contribution in [0, 0.1) is 10.1 Å². The lowest BCUT2D eigenvalue weighted by Crippen LogP contribution is -2.39. The van der Waals surface area contributed by atoms with Gasteiger partial charge in [-0.3, -0.25) is 19.5 Å². The highest BCUT2D eigenvalue weighted by Crippen LogP contribution is 2.33. The summed E-state index contributed by atoms with van der Waals surface area (Å²) in [5.41, 5.74) is 2.39. The number of carbonyl (C=O) groups is 1. The van der Waals surface area contributed by atoms with Crippen molar-refractivity contribution in [3.63, 3.8) is 0 Å². The Bertz CT molecular complexity index is 1950. The van der Waals surface area contributed by atoms with Gasteiger partial charge >= 0.3 is 0 Å². The molecule has 1 aliphatic rings. The van der Waals surface area contributed by atoms with Crippen LogP contribution in [0.3, 0.4) is 0 Å². The summed E-state index contributed by atoms with van der Waals surface area (Å²) in [7, 11) is 0. The number of amides is 1. The number of aliphatic hydroxyl groups is 2. The lowest BCUT2D eigenvalue weighted by Gasteiger charge is -2.24. The molecule has 4 atom stereocenters. The number of aliphatic hydroxyl groups excluding tert-OH is 2. The van der Waals surface area contributed by atoms with Gasteiger partial charge in [-0.1, -0.05) is 69.2 Å². The SMILES string of the molecule is CCCCN(CCCC)c1ccc(C(=O)NC[C@H]2O[C@@H](n3cnc4c(NCc5cccc6ccccc56)ncnc43)[C@H](O)[C@@H]2O)cc1[N+](=O)[O-]. The van der Waals surface area contributed by atoms with Crippen molar-refractivity contribution >= 4 is 45.0 Å². The molecule has 0 aliphatic carbocycles. The molecule has 0 radical (unpaired) electrons. The maximum atomic E-state index is 13.2. The third kappa shape index (κ3) is 7.22. The number of hydrogen-bond acceptors (Lipinski definition) is 11. The normalized spacial score (nSPS) is 18.8. The molecular weight excluding hydrogens is 640 g/mol. The average Bonchev–Trinajstić information content (AvgIpc) is 3.69. The van der Waals surface area contributed by atoms with Crippen molar-refractivity contribution in [1.82, 2.24) is 24.8 Å². The van der Waals surface area contributed by atoms with E-state index in [0.717, 1.165) is 42.0 Å². The van der Waals surface area contributed by atoms with Gasteiger partial charge in [-0.15, -0.1) is 0 Å². The van der Waals surface area contributed by atoms with E-state index in [4.69, 9.17) is 4.74 Å². The number of nitro benzene ring substituents is 1. The number of fused-ring (bicyclic) bond motifs is 2. The number of aromatic nitrogens is 4. The Balaban J connectivity index is 1.13. The van der Waals surface area contributed by atoms with E-state index in [9.17, 15) is 25.1 Å². The van der Waals surface area contributed by atoms with Crippen molar-refractivity contribution in [2.45, 2.75) is 70.6 Å². The van der Waals surface area contributed by atoms with Crippen LogP contribution in [0.2, 0.25) is 0 Å². The summed E-state index contributed by atoms with van der Waals surface area (Å²) in [6, 6.07) is 18.7. The standard InChI is InChI=1S/C36H42N8O6/c1-3-5-16-42(17-6-4-2)27-15-14-24(18-28(27)44(48)49)35(47)38-20-29-31(45)32(46)36(50-29)43-22-41-30-33(39-21-40-34(30)43)37-19-25-12-9-11-23-10-7-8-13-26(23)25/h7-15,18,21-22,29,31-32,36,45-46H,3-6,16-17,19-20H2,1-2H3,(H,38,47)(H,37,39,40)/t29-,31-,32-,36-/m1/s1. The largest absolute Gasteiger partial charge is 0.387 e. The van der Waals surface area contributed by atoms with Gasteiger partial charge in [-0.2, -0.15) is 0 Å². The quantitative estimate of drug-likeness (QED) is 0.0866. The molecule has 0 spiro atoms. The number of imidazole rings is 1. The molecule has 3 heterocycles. The molecule has 6 rings (SSSR count). The molecule has 14 nitrogen and oxygen atoms in total. The first-order valence-corrected chi connectivity index (χ1v) is 17.0. The molecule has 0 saturated carbocycles. The molecule has 1 fully saturated rings. The summed E-state index contributed by atoms with van der Waals surface area (Å²) in [5.74, 6) is -0.0673. The third-order valence-electron chi connectivity index (χ3n) is 9.10. The van der Waals surface area contributed by atoms with Crippen LogP contribution in [0.4, 0.5) is 17.2 Å². The van der Waals surface area contributed by atoms with E-state index in [1.54, 1.807) is 12.1 Å². The Kier molecular flexibility index (Phi) is 10.8. The molecule has 4 N–H and O–H groups in total. The zero-order valence-corrected chi connectivity index (χ0v) is 28.1. The minimum atomic E-state index is -1.35. The van der Waals surface area contributed by atoms with Crippen molar-refractivity contribution in [3.8, 4) is 0 Å². The van der Waals surface area contributed by atoms with Gasteiger partial charge in [-0.05, 0) is 41.3 Å². The zero-order valence-electron chi connectivity index (χ0n) is 28.1. The van der Waals surface area contributed by atoms with Gasteiger partial charge in [0.15, 0.2) is 23.2 Å². The monoisotopic (exact) mass is 682 g/mol. The van der Waals surface area contributed by atoms with Crippen LogP contribution in [0.5, 0.6) is 0 Å². The molecule has 1 saturated heterocycles. The van der Waals surface area contributed by atoms with Crippen LogP contribution in [0.25, 0.3) is 21.9 Å². The van der Waals surface area contributed by atoms with Crippen molar-refractivity contribution in [1.29, 1.82) is 0 Å². The van der Waals surface area contributed by atoms with Crippen LogP contribution in [0.1, 0.15) is 61.7 Å². The van der Waals surface area contributed by atoms with Crippen LogP contribution >= 0.6 is 0 Å². The number of carbonyl (C=O) groups excluding carboxylic acids is 1. The summed E-state index contributed by atoms with van der Waals surface area (Å²) in [4.78, 5) is 40.0. The van der Waals surface area contributed by atoms with Crippen LogP contribution in [-0.2, 0) is 11.3 Å². The highest BCUT2D eigenvalue weighted by molar-refractivity contribution is 5.96. The number of anilines is 2. The topological polar surface area (TPSA) is 181 Å². The minimum Gasteiger partial charge on any atom is -0.387 e. The molecule has 3 aromatic carbocycles. The summed E-state index contributed by atoms with van der Waals surface area (Å²) in [6.07, 6.45) is 1.84. The number of nitrogens with zero attached hydrogens (tertiary/aromatic N) is 6. The molecule has 5 aromatic rings. The maximum Gasteiger partial charge on any atom is 0.293 e. The molecule has 0 unspecified atom stereocenters. The van der Waals surface area contributed by atoms with Gasteiger partial charge < -0.3 is 30.5 Å². The summed E-state index contributed by atoms with van der Waals surface area (Å²) < 4.78 is 7.57. The van der Waals surface area contributed by atoms with Gasteiger partial charge in [0.25, 0.3) is 11.6 Å².